The van der Waals surface area contributed by atoms with Crippen molar-refractivity contribution in [2.45, 2.75) is 44.1 Å². The molecule has 0 unspecified atom stereocenters. The summed E-state index contributed by atoms with van der Waals surface area (Å²) in [7, 11) is 0. The molecule has 0 spiro atoms. The summed E-state index contributed by atoms with van der Waals surface area (Å²) in [5, 5.41) is 10.3. The molecule has 0 saturated heterocycles. The van der Waals surface area contributed by atoms with E-state index in [9.17, 15) is 13.9 Å². The summed E-state index contributed by atoms with van der Waals surface area (Å²) in [6.45, 7) is 0. The van der Waals surface area contributed by atoms with Gasteiger partial charge in [-0.05, 0) is 36.5 Å². The minimum absolute atomic E-state index is 0.0127. The number of benzene rings is 1. The molecular weight excluding hydrogens is 268 g/mol. The monoisotopic (exact) mass is 285 g/mol. The van der Waals surface area contributed by atoms with Gasteiger partial charge in [-0.15, -0.1) is 8.78 Å². The number of hydrogen-bond acceptors (Lipinski definition) is 4. The van der Waals surface area contributed by atoms with Gasteiger partial charge >= 0.3 is 6.29 Å². The lowest BCUT2D eigenvalue weighted by molar-refractivity contribution is -0.286. The Morgan fingerprint density at radius 2 is 1.85 bits per heavy atom. The third kappa shape index (κ3) is 2.45. The molecule has 1 fully saturated rings. The summed E-state index contributed by atoms with van der Waals surface area (Å²) in [6.07, 6.45) is -0.188. The summed E-state index contributed by atoms with van der Waals surface area (Å²) in [5.74, 6) is 0.125. The molecule has 3 rings (SSSR count). The van der Waals surface area contributed by atoms with Crippen LogP contribution < -0.4 is 15.2 Å². The Hall–Kier alpha value is -1.40. The van der Waals surface area contributed by atoms with E-state index in [1.165, 1.54) is 12.1 Å². The number of halogens is 2. The molecule has 1 heterocycles. The second-order valence-corrected chi connectivity index (χ2v) is 5.43. The van der Waals surface area contributed by atoms with E-state index in [0.29, 0.717) is 5.56 Å². The molecule has 1 aromatic rings. The largest absolute Gasteiger partial charge is 0.586 e. The van der Waals surface area contributed by atoms with Crippen molar-refractivity contribution >= 4 is 0 Å². The molecule has 2 aliphatic rings. The van der Waals surface area contributed by atoms with E-state index >= 15 is 0 Å². The zero-order valence-corrected chi connectivity index (χ0v) is 10.9. The summed E-state index contributed by atoms with van der Waals surface area (Å²) >= 11 is 0. The van der Waals surface area contributed by atoms with E-state index < -0.39 is 18.4 Å². The SMILES string of the molecule is N[C@H](c1ccc2c(c1)OC(F)(F)O2)[C@@H](O)C1CCCC1. The van der Waals surface area contributed by atoms with Crippen LogP contribution in [-0.4, -0.2) is 17.5 Å². The van der Waals surface area contributed by atoms with E-state index in [4.69, 9.17) is 5.73 Å². The van der Waals surface area contributed by atoms with E-state index in [1.807, 2.05) is 0 Å². The van der Waals surface area contributed by atoms with Gasteiger partial charge < -0.3 is 20.3 Å². The molecular formula is C14H17F2NO3. The molecule has 0 radical (unpaired) electrons. The third-order valence-electron chi connectivity index (χ3n) is 4.06. The van der Waals surface area contributed by atoms with Crippen LogP contribution in [0, 0.1) is 5.92 Å². The third-order valence-corrected chi connectivity index (χ3v) is 4.06. The lowest BCUT2D eigenvalue weighted by Crippen LogP contribution is -2.31. The molecule has 1 aliphatic heterocycles. The van der Waals surface area contributed by atoms with Gasteiger partial charge in [-0.1, -0.05) is 18.9 Å². The lowest BCUT2D eigenvalue weighted by atomic mass is 9.91. The highest BCUT2D eigenvalue weighted by Crippen LogP contribution is 2.42. The van der Waals surface area contributed by atoms with Crippen molar-refractivity contribution in [1.29, 1.82) is 0 Å². The highest BCUT2D eigenvalue weighted by atomic mass is 19.3. The lowest BCUT2D eigenvalue weighted by Gasteiger charge is -2.24. The zero-order chi connectivity index (χ0) is 14.3. The van der Waals surface area contributed by atoms with Gasteiger partial charge in [-0.2, -0.15) is 0 Å². The molecule has 1 aromatic carbocycles. The fourth-order valence-corrected chi connectivity index (χ4v) is 2.96. The molecule has 110 valence electrons. The predicted molar refractivity (Wildman–Crippen MR) is 67.5 cm³/mol. The molecule has 6 heteroatoms. The Labute approximate surface area is 115 Å². The van der Waals surface area contributed by atoms with Crippen LogP contribution in [0.15, 0.2) is 18.2 Å². The first-order chi connectivity index (χ1) is 9.46. The van der Waals surface area contributed by atoms with Crippen molar-refractivity contribution in [2.24, 2.45) is 11.7 Å². The molecule has 2 atom stereocenters. The van der Waals surface area contributed by atoms with Crippen LogP contribution in [0.2, 0.25) is 0 Å². The van der Waals surface area contributed by atoms with Crippen molar-refractivity contribution in [1.82, 2.24) is 0 Å². The quantitative estimate of drug-likeness (QED) is 0.896. The van der Waals surface area contributed by atoms with E-state index in [2.05, 4.69) is 9.47 Å². The van der Waals surface area contributed by atoms with Crippen molar-refractivity contribution in [2.75, 3.05) is 0 Å². The fourth-order valence-electron chi connectivity index (χ4n) is 2.96. The number of rotatable bonds is 3. The maximum atomic E-state index is 12.9. The zero-order valence-electron chi connectivity index (χ0n) is 10.9. The Morgan fingerprint density at radius 3 is 2.55 bits per heavy atom. The van der Waals surface area contributed by atoms with Gasteiger partial charge in [0.05, 0.1) is 12.1 Å². The average molecular weight is 285 g/mol. The molecule has 0 bridgehead atoms. The Balaban J connectivity index is 1.78. The maximum Gasteiger partial charge on any atom is 0.586 e. The molecule has 20 heavy (non-hydrogen) atoms. The Kier molecular flexibility index (Phi) is 3.30. The van der Waals surface area contributed by atoms with Crippen LogP contribution in [0.1, 0.15) is 37.3 Å². The number of fused-ring (bicyclic) bond motifs is 1. The standard InChI is InChI=1S/C14H17F2NO3/c15-14(16)19-10-6-5-9(7-11(10)20-14)12(17)13(18)8-3-1-2-4-8/h5-8,12-13,18H,1-4,17H2/t12-,13+/m1/s1. The van der Waals surface area contributed by atoms with Crippen LogP contribution in [-0.2, 0) is 0 Å². The Bertz CT molecular complexity index is 503. The summed E-state index contributed by atoms with van der Waals surface area (Å²) in [5.41, 5.74) is 6.62. The average Bonchev–Trinajstić information content (AvgIpc) is 3.01. The van der Waals surface area contributed by atoms with Gasteiger partial charge in [0.1, 0.15) is 0 Å². The van der Waals surface area contributed by atoms with Crippen LogP contribution >= 0.6 is 0 Å². The molecule has 0 aromatic heterocycles. The van der Waals surface area contributed by atoms with Crippen molar-refractivity contribution in [3.63, 3.8) is 0 Å². The van der Waals surface area contributed by atoms with Crippen LogP contribution in [0.4, 0.5) is 8.78 Å². The first kappa shape index (κ1) is 13.6. The normalized spacial score (nSPS) is 23.8. The molecule has 4 nitrogen and oxygen atoms in total. The van der Waals surface area contributed by atoms with E-state index in [1.54, 1.807) is 6.07 Å². The number of aliphatic hydroxyl groups is 1. The van der Waals surface area contributed by atoms with Gasteiger partial charge in [-0.3, -0.25) is 0 Å². The van der Waals surface area contributed by atoms with Gasteiger partial charge in [0.15, 0.2) is 11.5 Å². The second-order valence-electron chi connectivity index (χ2n) is 5.43. The predicted octanol–water partition coefficient (Wildman–Crippen LogP) is 2.56. The number of hydrogen-bond donors (Lipinski definition) is 2. The highest BCUT2D eigenvalue weighted by molar-refractivity contribution is 5.46. The minimum atomic E-state index is -3.63. The highest BCUT2D eigenvalue weighted by Gasteiger charge is 2.43. The smallest absolute Gasteiger partial charge is 0.395 e. The van der Waals surface area contributed by atoms with Gasteiger partial charge in [0.2, 0.25) is 0 Å². The van der Waals surface area contributed by atoms with Gasteiger partial charge in [0, 0.05) is 0 Å². The van der Waals surface area contributed by atoms with E-state index in [-0.39, 0.29) is 17.4 Å². The first-order valence-corrected chi connectivity index (χ1v) is 6.80. The van der Waals surface area contributed by atoms with Crippen LogP contribution in [0.3, 0.4) is 0 Å². The number of alkyl halides is 2. The van der Waals surface area contributed by atoms with Crippen molar-refractivity contribution < 1.29 is 23.4 Å². The molecule has 1 aliphatic carbocycles. The van der Waals surface area contributed by atoms with Crippen LogP contribution in [0.5, 0.6) is 11.5 Å². The van der Waals surface area contributed by atoms with Gasteiger partial charge in [0.25, 0.3) is 0 Å². The first-order valence-electron chi connectivity index (χ1n) is 6.80. The fraction of sp³-hybridized carbons (Fsp3) is 0.571. The van der Waals surface area contributed by atoms with Gasteiger partial charge in [-0.25, -0.2) is 0 Å². The summed E-state index contributed by atoms with van der Waals surface area (Å²) < 4.78 is 34.6. The number of ether oxygens (including phenoxy) is 2. The summed E-state index contributed by atoms with van der Waals surface area (Å²) in [4.78, 5) is 0. The minimum Gasteiger partial charge on any atom is -0.395 e. The number of aliphatic hydroxyl groups excluding tert-OH is 1. The molecule has 0 amide bonds. The topological polar surface area (TPSA) is 64.7 Å². The Morgan fingerprint density at radius 1 is 1.20 bits per heavy atom. The van der Waals surface area contributed by atoms with Crippen LogP contribution in [0.25, 0.3) is 0 Å². The molecule has 3 N–H and O–H groups in total. The van der Waals surface area contributed by atoms with Crippen molar-refractivity contribution in [3.8, 4) is 11.5 Å². The number of nitrogens with two attached hydrogens (primary N) is 1. The van der Waals surface area contributed by atoms with Crippen molar-refractivity contribution in [3.05, 3.63) is 23.8 Å². The molecule has 1 saturated carbocycles. The van der Waals surface area contributed by atoms with E-state index in [0.717, 1.165) is 25.7 Å². The summed E-state index contributed by atoms with van der Waals surface area (Å²) in [6, 6.07) is 3.79. The second kappa shape index (κ2) is 4.86. The maximum absolute atomic E-state index is 12.9.